The standard InChI is InChI=1S/C10H19N5O2/c1-3-8(7-17-2)12-10(16)9-6-15(5-4-11)14-13-9/h6,8H,3-5,7,11H2,1-2H3,(H,12,16). The van der Waals surface area contributed by atoms with Crippen LogP contribution in [0.3, 0.4) is 0 Å². The van der Waals surface area contributed by atoms with Gasteiger partial charge < -0.3 is 15.8 Å². The van der Waals surface area contributed by atoms with E-state index in [1.54, 1.807) is 18.0 Å². The highest BCUT2D eigenvalue weighted by Gasteiger charge is 2.14. The summed E-state index contributed by atoms with van der Waals surface area (Å²) in [6, 6.07) is -0.00726. The van der Waals surface area contributed by atoms with Gasteiger partial charge in [-0.1, -0.05) is 12.1 Å². The Hall–Kier alpha value is -1.47. The molecule has 0 aliphatic carbocycles. The van der Waals surface area contributed by atoms with Gasteiger partial charge in [0.2, 0.25) is 0 Å². The van der Waals surface area contributed by atoms with Crippen molar-refractivity contribution in [2.24, 2.45) is 5.73 Å². The Balaban J connectivity index is 2.55. The van der Waals surface area contributed by atoms with Gasteiger partial charge >= 0.3 is 0 Å². The van der Waals surface area contributed by atoms with Gasteiger partial charge in [0.1, 0.15) is 0 Å². The summed E-state index contributed by atoms with van der Waals surface area (Å²) in [5.41, 5.74) is 5.68. The Morgan fingerprint density at radius 2 is 2.47 bits per heavy atom. The molecule has 1 aromatic heterocycles. The first-order valence-electron chi connectivity index (χ1n) is 5.61. The van der Waals surface area contributed by atoms with Crippen LogP contribution in [-0.4, -0.2) is 47.2 Å². The summed E-state index contributed by atoms with van der Waals surface area (Å²) in [5.74, 6) is -0.239. The Kier molecular flexibility index (Phi) is 5.58. The van der Waals surface area contributed by atoms with E-state index in [4.69, 9.17) is 10.5 Å². The highest BCUT2D eigenvalue weighted by atomic mass is 16.5. The number of nitrogens with zero attached hydrogens (tertiary/aromatic N) is 3. The second-order valence-corrected chi connectivity index (χ2v) is 3.69. The molecule has 1 unspecified atom stereocenters. The minimum atomic E-state index is -0.239. The van der Waals surface area contributed by atoms with E-state index in [2.05, 4.69) is 15.6 Å². The number of hydrogen-bond donors (Lipinski definition) is 2. The first kappa shape index (κ1) is 13.6. The van der Waals surface area contributed by atoms with E-state index in [0.717, 1.165) is 6.42 Å². The number of amides is 1. The maximum atomic E-state index is 11.8. The van der Waals surface area contributed by atoms with Gasteiger partial charge in [0, 0.05) is 13.7 Å². The van der Waals surface area contributed by atoms with Crippen molar-refractivity contribution in [2.45, 2.75) is 25.9 Å². The number of hydrogen-bond acceptors (Lipinski definition) is 5. The summed E-state index contributed by atoms with van der Waals surface area (Å²) < 4.78 is 6.55. The number of carbonyl (C=O) groups is 1. The molecular formula is C10H19N5O2. The Bertz CT molecular complexity index is 352. The number of methoxy groups -OCH3 is 1. The molecule has 1 heterocycles. The molecule has 96 valence electrons. The Morgan fingerprint density at radius 1 is 1.71 bits per heavy atom. The van der Waals surface area contributed by atoms with Crippen LogP contribution in [0.5, 0.6) is 0 Å². The maximum absolute atomic E-state index is 11.8. The average Bonchev–Trinajstić information content (AvgIpc) is 2.77. The molecule has 1 amide bonds. The summed E-state index contributed by atoms with van der Waals surface area (Å²) in [6.45, 7) is 3.48. The van der Waals surface area contributed by atoms with Crippen LogP contribution in [0, 0.1) is 0 Å². The zero-order valence-corrected chi connectivity index (χ0v) is 10.2. The molecule has 0 saturated carbocycles. The van der Waals surface area contributed by atoms with Crippen molar-refractivity contribution in [3.8, 4) is 0 Å². The number of nitrogens with two attached hydrogens (primary N) is 1. The molecular weight excluding hydrogens is 222 g/mol. The molecule has 3 N–H and O–H groups in total. The van der Waals surface area contributed by atoms with Crippen molar-refractivity contribution < 1.29 is 9.53 Å². The molecule has 0 fully saturated rings. The second-order valence-electron chi connectivity index (χ2n) is 3.69. The smallest absolute Gasteiger partial charge is 0.273 e. The fourth-order valence-electron chi connectivity index (χ4n) is 1.37. The third-order valence-corrected chi connectivity index (χ3v) is 2.33. The lowest BCUT2D eigenvalue weighted by atomic mass is 10.2. The predicted molar refractivity (Wildman–Crippen MR) is 62.5 cm³/mol. The number of nitrogens with one attached hydrogen (secondary N) is 1. The van der Waals surface area contributed by atoms with Crippen LogP contribution in [0.15, 0.2) is 6.20 Å². The topological polar surface area (TPSA) is 95.1 Å². The lowest BCUT2D eigenvalue weighted by Crippen LogP contribution is -2.37. The van der Waals surface area contributed by atoms with E-state index in [1.165, 1.54) is 0 Å². The molecule has 7 nitrogen and oxygen atoms in total. The van der Waals surface area contributed by atoms with Crippen LogP contribution in [0.25, 0.3) is 0 Å². The normalized spacial score (nSPS) is 12.4. The fraction of sp³-hybridized carbons (Fsp3) is 0.700. The van der Waals surface area contributed by atoms with Crippen LogP contribution in [0.4, 0.5) is 0 Å². The zero-order valence-electron chi connectivity index (χ0n) is 10.2. The molecule has 0 spiro atoms. The highest BCUT2D eigenvalue weighted by Crippen LogP contribution is 1.97. The van der Waals surface area contributed by atoms with Crippen molar-refractivity contribution >= 4 is 5.91 Å². The van der Waals surface area contributed by atoms with Crippen LogP contribution in [0.1, 0.15) is 23.8 Å². The summed E-state index contributed by atoms with van der Waals surface area (Å²) in [4.78, 5) is 11.8. The van der Waals surface area contributed by atoms with Crippen LogP contribution < -0.4 is 11.1 Å². The largest absolute Gasteiger partial charge is 0.383 e. The minimum Gasteiger partial charge on any atom is -0.383 e. The molecule has 0 bridgehead atoms. The summed E-state index contributed by atoms with van der Waals surface area (Å²) in [5, 5.41) is 10.4. The number of aromatic nitrogens is 3. The van der Waals surface area contributed by atoms with Gasteiger partial charge in [-0.3, -0.25) is 9.48 Å². The van der Waals surface area contributed by atoms with Gasteiger partial charge in [0.15, 0.2) is 5.69 Å². The van der Waals surface area contributed by atoms with E-state index in [9.17, 15) is 4.79 Å². The van der Waals surface area contributed by atoms with Crippen molar-refractivity contribution in [3.05, 3.63) is 11.9 Å². The average molecular weight is 241 g/mol. The monoisotopic (exact) mass is 241 g/mol. The lowest BCUT2D eigenvalue weighted by molar-refractivity contribution is 0.0889. The minimum absolute atomic E-state index is 0.00726. The molecule has 1 rings (SSSR count). The molecule has 0 aliphatic heterocycles. The predicted octanol–water partition coefficient (Wildman–Crippen LogP) is -0.608. The highest BCUT2D eigenvalue weighted by molar-refractivity contribution is 5.92. The molecule has 17 heavy (non-hydrogen) atoms. The van der Waals surface area contributed by atoms with Crippen molar-refractivity contribution in [2.75, 3.05) is 20.3 Å². The SMILES string of the molecule is CCC(COC)NC(=O)c1cn(CCN)nn1. The Morgan fingerprint density at radius 3 is 3.06 bits per heavy atom. The van der Waals surface area contributed by atoms with Gasteiger partial charge in [-0.25, -0.2) is 0 Å². The molecule has 0 radical (unpaired) electrons. The van der Waals surface area contributed by atoms with E-state index in [0.29, 0.717) is 25.4 Å². The zero-order chi connectivity index (χ0) is 12.7. The summed E-state index contributed by atoms with van der Waals surface area (Å²) in [6.07, 6.45) is 2.39. The van der Waals surface area contributed by atoms with Gasteiger partial charge in [-0.2, -0.15) is 0 Å². The lowest BCUT2D eigenvalue weighted by Gasteiger charge is -2.14. The molecule has 7 heteroatoms. The Labute approximate surface area is 100 Å². The van der Waals surface area contributed by atoms with Crippen LogP contribution in [0.2, 0.25) is 0 Å². The van der Waals surface area contributed by atoms with E-state index < -0.39 is 0 Å². The summed E-state index contributed by atoms with van der Waals surface area (Å²) >= 11 is 0. The molecule has 1 aromatic rings. The third kappa shape index (κ3) is 4.12. The van der Waals surface area contributed by atoms with Crippen molar-refractivity contribution in [3.63, 3.8) is 0 Å². The molecule has 0 aliphatic rings. The quantitative estimate of drug-likeness (QED) is 0.664. The molecule has 0 saturated heterocycles. The molecule has 1 atom stereocenters. The number of carbonyl (C=O) groups excluding carboxylic acids is 1. The second kappa shape index (κ2) is 6.97. The van der Waals surface area contributed by atoms with Gasteiger partial charge in [-0.15, -0.1) is 5.10 Å². The fourth-order valence-corrected chi connectivity index (χ4v) is 1.37. The van der Waals surface area contributed by atoms with Gasteiger partial charge in [-0.05, 0) is 6.42 Å². The van der Waals surface area contributed by atoms with Crippen LogP contribution >= 0.6 is 0 Å². The van der Waals surface area contributed by atoms with Gasteiger partial charge in [0.05, 0.1) is 25.4 Å². The third-order valence-electron chi connectivity index (χ3n) is 2.33. The van der Waals surface area contributed by atoms with Gasteiger partial charge in [0.25, 0.3) is 5.91 Å². The maximum Gasteiger partial charge on any atom is 0.273 e. The molecule has 0 aromatic carbocycles. The number of rotatable bonds is 7. The van der Waals surface area contributed by atoms with E-state index >= 15 is 0 Å². The number of ether oxygens (including phenoxy) is 1. The van der Waals surface area contributed by atoms with E-state index in [-0.39, 0.29) is 11.9 Å². The van der Waals surface area contributed by atoms with Crippen molar-refractivity contribution in [1.29, 1.82) is 0 Å². The summed E-state index contributed by atoms with van der Waals surface area (Å²) in [7, 11) is 1.60. The first-order chi connectivity index (χ1) is 8.21. The van der Waals surface area contributed by atoms with Crippen LogP contribution in [-0.2, 0) is 11.3 Å². The van der Waals surface area contributed by atoms with Crippen molar-refractivity contribution in [1.82, 2.24) is 20.3 Å². The van der Waals surface area contributed by atoms with E-state index in [1.807, 2.05) is 6.92 Å². The first-order valence-corrected chi connectivity index (χ1v) is 5.61.